The molecule has 0 radical (unpaired) electrons. The van der Waals surface area contributed by atoms with Crippen molar-refractivity contribution < 1.29 is 4.74 Å². The minimum absolute atomic E-state index is 0.00528. The minimum Gasteiger partial charge on any atom is -0.458 e. The van der Waals surface area contributed by atoms with Crippen LogP contribution in [-0.2, 0) is 0 Å². The normalized spacial score (nSPS) is 12.8. The number of hydrogen-bond acceptors (Lipinski definition) is 5. The van der Waals surface area contributed by atoms with E-state index in [4.69, 9.17) is 10.5 Å². The molecule has 2 N–H and O–H groups in total. The summed E-state index contributed by atoms with van der Waals surface area (Å²) in [5.74, 6) is 0.751. The highest BCUT2D eigenvalue weighted by molar-refractivity contribution is 5.20. The summed E-state index contributed by atoms with van der Waals surface area (Å²) in [6.07, 6.45) is 1.58. The lowest BCUT2D eigenvalue weighted by Crippen LogP contribution is -2.37. The first-order valence-corrected chi connectivity index (χ1v) is 5.16. The molecular weight excluding hydrogens is 192 g/mol. The molecule has 0 amide bonds. The van der Waals surface area contributed by atoms with E-state index in [-0.39, 0.29) is 12.2 Å². The summed E-state index contributed by atoms with van der Waals surface area (Å²) >= 11 is 0. The number of anilines is 1. The van der Waals surface area contributed by atoms with Gasteiger partial charge in [-0.15, -0.1) is 0 Å². The molecular formula is C10H18N4O. The molecule has 0 saturated heterocycles. The molecule has 1 aromatic heterocycles. The Bertz CT molecular complexity index is 301. The molecule has 1 aromatic rings. The first-order valence-electron chi connectivity index (χ1n) is 5.16. The number of nitrogen functional groups attached to an aromatic ring is 1. The van der Waals surface area contributed by atoms with Crippen molar-refractivity contribution in [2.45, 2.75) is 27.0 Å². The molecule has 0 aromatic carbocycles. The number of hydrogen-bond donors (Lipinski definition) is 1. The van der Waals surface area contributed by atoms with Gasteiger partial charge in [-0.1, -0.05) is 13.8 Å². The van der Waals surface area contributed by atoms with Crippen LogP contribution in [0.2, 0.25) is 0 Å². The molecule has 5 nitrogen and oxygen atoms in total. The van der Waals surface area contributed by atoms with E-state index in [9.17, 15) is 0 Å². The molecule has 84 valence electrons. The first-order chi connectivity index (χ1) is 7.17. The average molecular weight is 210 g/mol. The Morgan fingerprint density at radius 3 is 2.67 bits per heavy atom. The number of nitrogens with zero attached hydrogens (tertiary/aromatic N) is 3. The van der Waals surface area contributed by atoms with E-state index < -0.39 is 0 Å². The molecule has 0 spiro atoms. The third-order valence-electron chi connectivity index (χ3n) is 2.27. The monoisotopic (exact) mass is 210 g/mol. The smallest absolute Gasteiger partial charge is 0.223 e. The Balaban J connectivity index is 2.61. The number of ether oxygens (including phenoxy) is 1. The predicted molar refractivity (Wildman–Crippen MR) is 59.5 cm³/mol. The van der Waals surface area contributed by atoms with E-state index in [2.05, 4.69) is 28.7 Å². The van der Waals surface area contributed by atoms with Gasteiger partial charge in [-0.25, -0.2) is 4.98 Å². The van der Waals surface area contributed by atoms with Crippen molar-refractivity contribution in [3.63, 3.8) is 0 Å². The Hall–Kier alpha value is -1.36. The van der Waals surface area contributed by atoms with Crippen LogP contribution in [0.4, 0.5) is 5.95 Å². The Morgan fingerprint density at radius 1 is 1.47 bits per heavy atom. The zero-order chi connectivity index (χ0) is 11.3. The molecule has 1 unspecified atom stereocenters. The minimum atomic E-state index is -0.00528. The summed E-state index contributed by atoms with van der Waals surface area (Å²) in [6.45, 7) is 8.07. The first kappa shape index (κ1) is 11.7. The second kappa shape index (κ2) is 5.50. The predicted octanol–water partition coefficient (Wildman–Crippen LogP) is 1.13. The number of rotatable bonds is 5. The van der Waals surface area contributed by atoms with Gasteiger partial charge >= 0.3 is 0 Å². The second-order valence-electron chi connectivity index (χ2n) is 3.19. The van der Waals surface area contributed by atoms with Gasteiger partial charge in [-0.2, -0.15) is 4.98 Å². The van der Waals surface area contributed by atoms with Crippen LogP contribution in [0.5, 0.6) is 5.88 Å². The largest absolute Gasteiger partial charge is 0.458 e. The molecule has 1 atom stereocenters. The van der Waals surface area contributed by atoms with Gasteiger partial charge < -0.3 is 10.5 Å². The fourth-order valence-corrected chi connectivity index (χ4v) is 1.41. The summed E-state index contributed by atoms with van der Waals surface area (Å²) < 4.78 is 5.63. The highest BCUT2D eigenvalue weighted by Crippen LogP contribution is 2.10. The van der Waals surface area contributed by atoms with Gasteiger partial charge in [-0.05, 0) is 20.0 Å². The quantitative estimate of drug-likeness (QED) is 0.738. The second-order valence-corrected chi connectivity index (χ2v) is 3.19. The lowest BCUT2D eigenvalue weighted by molar-refractivity contribution is 0.0443. The lowest BCUT2D eigenvalue weighted by atomic mass is 10.4. The average Bonchev–Trinajstić information content (AvgIpc) is 2.19. The fraction of sp³-hybridized carbons (Fsp3) is 0.600. The van der Waals surface area contributed by atoms with Gasteiger partial charge in [-0.3, -0.25) is 4.90 Å². The summed E-state index contributed by atoms with van der Waals surface area (Å²) in [5, 5.41) is 0. The highest BCUT2D eigenvalue weighted by Gasteiger charge is 2.11. The molecule has 0 saturated carbocycles. The van der Waals surface area contributed by atoms with Crippen LogP contribution in [0.25, 0.3) is 0 Å². The third kappa shape index (κ3) is 3.36. The van der Waals surface area contributed by atoms with Gasteiger partial charge in [0.05, 0.1) is 0 Å². The fourth-order valence-electron chi connectivity index (χ4n) is 1.41. The van der Waals surface area contributed by atoms with Gasteiger partial charge in [0.15, 0.2) is 6.23 Å². The molecule has 0 aliphatic carbocycles. The van der Waals surface area contributed by atoms with Gasteiger partial charge in [0.1, 0.15) is 0 Å². The van der Waals surface area contributed by atoms with Crippen LogP contribution in [0.15, 0.2) is 12.3 Å². The van der Waals surface area contributed by atoms with Gasteiger partial charge in [0.25, 0.3) is 0 Å². The van der Waals surface area contributed by atoms with E-state index in [0.717, 1.165) is 13.1 Å². The lowest BCUT2D eigenvalue weighted by Gasteiger charge is -2.26. The van der Waals surface area contributed by atoms with Crippen molar-refractivity contribution in [1.82, 2.24) is 14.9 Å². The highest BCUT2D eigenvalue weighted by atomic mass is 16.5. The van der Waals surface area contributed by atoms with E-state index in [1.807, 2.05) is 6.92 Å². The van der Waals surface area contributed by atoms with E-state index >= 15 is 0 Å². The van der Waals surface area contributed by atoms with Crippen molar-refractivity contribution in [1.29, 1.82) is 0 Å². The van der Waals surface area contributed by atoms with E-state index in [1.54, 1.807) is 12.3 Å². The van der Waals surface area contributed by atoms with Crippen LogP contribution in [0.1, 0.15) is 20.8 Å². The van der Waals surface area contributed by atoms with Crippen molar-refractivity contribution in [2.75, 3.05) is 18.8 Å². The molecule has 0 fully saturated rings. The Kier molecular flexibility index (Phi) is 4.30. The maximum absolute atomic E-state index is 5.63. The maximum atomic E-state index is 5.63. The van der Waals surface area contributed by atoms with Crippen LogP contribution in [-0.4, -0.2) is 34.2 Å². The molecule has 5 heteroatoms. The van der Waals surface area contributed by atoms with Crippen LogP contribution in [0, 0.1) is 0 Å². The zero-order valence-corrected chi connectivity index (χ0v) is 9.47. The maximum Gasteiger partial charge on any atom is 0.223 e. The van der Waals surface area contributed by atoms with Gasteiger partial charge in [0.2, 0.25) is 11.8 Å². The molecule has 1 heterocycles. The van der Waals surface area contributed by atoms with Crippen molar-refractivity contribution in [2.24, 2.45) is 0 Å². The van der Waals surface area contributed by atoms with Crippen molar-refractivity contribution in [3.05, 3.63) is 12.3 Å². The topological polar surface area (TPSA) is 64.3 Å². The summed E-state index contributed by atoms with van der Waals surface area (Å²) in [6, 6.07) is 1.70. The molecule has 0 aliphatic rings. The van der Waals surface area contributed by atoms with Crippen molar-refractivity contribution in [3.8, 4) is 5.88 Å². The molecule has 0 bridgehead atoms. The van der Waals surface area contributed by atoms with Crippen LogP contribution < -0.4 is 10.5 Å². The van der Waals surface area contributed by atoms with Crippen LogP contribution >= 0.6 is 0 Å². The SMILES string of the molecule is CCN(CC)C(C)Oc1ccnc(N)n1. The standard InChI is InChI=1S/C10H18N4O/c1-4-14(5-2)8(3)15-9-6-7-12-10(11)13-9/h6-8H,4-5H2,1-3H3,(H2,11,12,13). The Labute approximate surface area is 90.3 Å². The molecule has 15 heavy (non-hydrogen) atoms. The zero-order valence-electron chi connectivity index (χ0n) is 9.47. The summed E-state index contributed by atoms with van der Waals surface area (Å²) in [7, 11) is 0. The van der Waals surface area contributed by atoms with E-state index in [1.165, 1.54) is 0 Å². The molecule has 0 aliphatic heterocycles. The molecule has 1 rings (SSSR count). The third-order valence-corrected chi connectivity index (χ3v) is 2.27. The summed E-state index contributed by atoms with van der Waals surface area (Å²) in [5.41, 5.74) is 5.46. The van der Waals surface area contributed by atoms with Gasteiger partial charge in [0, 0.05) is 12.3 Å². The van der Waals surface area contributed by atoms with Crippen molar-refractivity contribution >= 4 is 5.95 Å². The van der Waals surface area contributed by atoms with E-state index in [0.29, 0.717) is 5.88 Å². The number of aromatic nitrogens is 2. The number of nitrogens with two attached hydrogens (primary N) is 1. The Morgan fingerprint density at radius 2 is 2.13 bits per heavy atom. The van der Waals surface area contributed by atoms with Crippen LogP contribution in [0.3, 0.4) is 0 Å². The summed E-state index contributed by atoms with van der Waals surface area (Å²) in [4.78, 5) is 9.97.